The van der Waals surface area contributed by atoms with Gasteiger partial charge >= 0.3 is 0 Å². The molecule has 6 rings (SSSR count). The van der Waals surface area contributed by atoms with Crippen LogP contribution in [0.25, 0.3) is 27.7 Å². The molecule has 0 aliphatic carbocycles. The summed E-state index contributed by atoms with van der Waals surface area (Å²) in [6.45, 7) is 1.15. The summed E-state index contributed by atoms with van der Waals surface area (Å²) >= 11 is 0. The van der Waals surface area contributed by atoms with Gasteiger partial charge in [-0.25, -0.2) is 35.8 Å². The number of nitrogens with one attached hydrogen (secondary N) is 1. The van der Waals surface area contributed by atoms with E-state index in [1.807, 2.05) is 0 Å². The number of aryl methyl sites for hydroxylation is 1. The highest BCUT2D eigenvalue weighted by molar-refractivity contribution is 5.90. The van der Waals surface area contributed by atoms with Crippen LogP contribution < -0.4 is 10.1 Å². The van der Waals surface area contributed by atoms with Crippen LogP contribution in [0.1, 0.15) is 16.4 Å². The van der Waals surface area contributed by atoms with Crippen LogP contribution in [0.15, 0.2) is 18.3 Å². The second kappa shape index (κ2) is 9.80. The van der Waals surface area contributed by atoms with Crippen molar-refractivity contribution in [3.8, 4) is 17.0 Å². The molecule has 0 unspecified atom stereocenters. The van der Waals surface area contributed by atoms with Gasteiger partial charge < -0.3 is 19.4 Å². The van der Waals surface area contributed by atoms with E-state index in [4.69, 9.17) is 13.6 Å². The molecule has 214 valence electrons. The number of ether oxygens (including phenoxy) is 2. The van der Waals surface area contributed by atoms with Crippen LogP contribution in [0.4, 0.5) is 32.3 Å². The molecule has 1 atom stereocenters. The Hall–Kier alpha value is -3.59. The number of hydrogen-bond acceptors (Lipinski definition) is 7. The Labute approximate surface area is 227 Å². The lowest BCUT2D eigenvalue weighted by atomic mass is 9.98. The molecular formula is C25H25F6N7O2. The van der Waals surface area contributed by atoms with Crippen molar-refractivity contribution >= 4 is 22.5 Å². The first-order valence-electron chi connectivity index (χ1n) is 13.9. The number of piperidine rings is 1. The summed E-state index contributed by atoms with van der Waals surface area (Å²) in [5.74, 6) is -6.23. The first-order valence-corrected chi connectivity index (χ1v) is 12.4. The summed E-state index contributed by atoms with van der Waals surface area (Å²) in [6.07, 6.45) is -1.97. The molecule has 0 spiro atoms. The normalized spacial score (nSPS) is 21.4. The third kappa shape index (κ3) is 4.50. The van der Waals surface area contributed by atoms with Gasteiger partial charge in [0.1, 0.15) is 16.9 Å². The van der Waals surface area contributed by atoms with Crippen molar-refractivity contribution < 1.29 is 39.9 Å². The largest absolute Gasteiger partial charge is 0.479 e. The van der Waals surface area contributed by atoms with Crippen LogP contribution in [-0.4, -0.2) is 86.8 Å². The minimum absolute atomic E-state index is 0.00332. The Balaban J connectivity index is 1.42. The first-order chi connectivity index (χ1) is 20.2. The van der Waals surface area contributed by atoms with Crippen LogP contribution in [0.2, 0.25) is 0 Å². The van der Waals surface area contributed by atoms with Crippen molar-refractivity contribution in [2.45, 2.75) is 44.3 Å². The number of fused-ring (bicyclic) bond motifs is 2. The van der Waals surface area contributed by atoms with Gasteiger partial charge in [0, 0.05) is 6.54 Å². The number of rotatable bonds is 7. The van der Waals surface area contributed by atoms with Crippen molar-refractivity contribution in [2.75, 3.05) is 38.7 Å². The van der Waals surface area contributed by atoms with Crippen molar-refractivity contribution in [1.29, 1.82) is 0 Å². The minimum Gasteiger partial charge on any atom is -0.479 e. The van der Waals surface area contributed by atoms with E-state index in [9.17, 15) is 8.78 Å². The molecule has 0 radical (unpaired) electrons. The summed E-state index contributed by atoms with van der Waals surface area (Å²) in [4.78, 5) is 9.63. The fraction of sp³-hybridized carbons (Fsp3) is 0.480. The average Bonchev–Trinajstić information content (AvgIpc) is 3.34. The number of halogens is 6. The van der Waals surface area contributed by atoms with Crippen LogP contribution in [0.5, 0.6) is 5.88 Å². The maximum Gasteiger partial charge on any atom is 0.280 e. The van der Waals surface area contributed by atoms with E-state index >= 15 is 17.6 Å². The molecule has 3 aromatic heterocycles. The van der Waals surface area contributed by atoms with Crippen molar-refractivity contribution in [1.82, 2.24) is 29.0 Å². The number of nitrogens with zero attached hydrogens (tertiary/aromatic N) is 6. The van der Waals surface area contributed by atoms with E-state index in [1.54, 1.807) is 4.90 Å². The molecule has 9 nitrogen and oxygen atoms in total. The predicted octanol–water partition coefficient (Wildman–Crippen LogP) is 4.13. The fourth-order valence-electron chi connectivity index (χ4n) is 5.28. The zero-order chi connectivity index (χ0) is 30.8. The molecule has 2 aliphatic heterocycles. The molecular weight excluding hydrogens is 544 g/mol. The monoisotopic (exact) mass is 572 g/mol. The van der Waals surface area contributed by atoms with E-state index in [2.05, 4.69) is 20.4 Å². The first kappa shape index (κ1) is 23.1. The lowest BCUT2D eigenvalue weighted by Gasteiger charge is -2.44. The zero-order valence-corrected chi connectivity index (χ0v) is 21.0. The topological polar surface area (TPSA) is 81.7 Å². The number of aromatic nitrogens is 5. The standard InChI is InChI=1S/C25H25F6N7O2/c1-12-32-21-15(26)5-13(6-17(21)37(12)8-19(28)29)20-16(27)7-38-22(20)23(39-2)34-24(35-38)33-18-3-4-36(11-25(18,30)31)14-9-40-10-14/h5-7,14,18-19H,3-4,8-11H2,1-2H3,(H,33,35)/t18-/m1/s1/i2D3. The molecule has 4 aromatic rings. The average molecular weight is 573 g/mol. The number of methoxy groups -OCH3 is 1. The third-order valence-corrected chi connectivity index (χ3v) is 7.33. The Morgan fingerprint density at radius 3 is 2.70 bits per heavy atom. The lowest BCUT2D eigenvalue weighted by Crippen LogP contribution is -2.61. The minimum atomic E-state index is -3.23. The maximum atomic E-state index is 15.5. The quantitative estimate of drug-likeness (QED) is 0.334. The van der Waals surface area contributed by atoms with Crippen LogP contribution in [0, 0.1) is 18.6 Å². The molecule has 15 heteroatoms. The molecule has 2 saturated heterocycles. The summed E-state index contributed by atoms with van der Waals surface area (Å²) in [7, 11) is -3.10. The van der Waals surface area contributed by atoms with Gasteiger partial charge in [0.25, 0.3) is 12.3 Å². The van der Waals surface area contributed by atoms with Crippen LogP contribution in [0.3, 0.4) is 0 Å². The molecule has 40 heavy (non-hydrogen) atoms. The van der Waals surface area contributed by atoms with Gasteiger partial charge in [-0.05, 0) is 31.0 Å². The maximum absolute atomic E-state index is 15.5. The molecule has 0 saturated carbocycles. The van der Waals surface area contributed by atoms with Crippen molar-refractivity contribution in [2.24, 2.45) is 0 Å². The highest BCUT2D eigenvalue weighted by atomic mass is 19.3. The van der Waals surface area contributed by atoms with Gasteiger partial charge in [0.2, 0.25) is 11.8 Å². The number of benzene rings is 1. The molecule has 0 amide bonds. The van der Waals surface area contributed by atoms with E-state index in [0.717, 1.165) is 21.3 Å². The smallest absolute Gasteiger partial charge is 0.280 e. The SMILES string of the molecule is [2H]C([2H])([2H])Oc1nc(N[C@@H]2CCN(C3COC3)CC2(F)F)nn2cc(F)c(-c3cc(F)c4nc(C)n(CC(F)F)c4c3)c12. The highest BCUT2D eigenvalue weighted by Gasteiger charge is 2.47. The lowest BCUT2D eigenvalue weighted by molar-refractivity contribution is -0.131. The molecule has 5 heterocycles. The van der Waals surface area contributed by atoms with Gasteiger partial charge in [0.05, 0.1) is 66.8 Å². The van der Waals surface area contributed by atoms with E-state index in [-0.39, 0.29) is 40.4 Å². The van der Waals surface area contributed by atoms with E-state index < -0.39 is 67.5 Å². The molecule has 2 fully saturated rings. The van der Waals surface area contributed by atoms with Gasteiger partial charge in [0.15, 0.2) is 11.6 Å². The molecule has 2 aliphatic rings. The Morgan fingerprint density at radius 2 is 2.02 bits per heavy atom. The third-order valence-electron chi connectivity index (χ3n) is 7.33. The highest BCUT2D eigenvalue weighted by Crippen LogP contribution is 2.37. The number of alkyl halides is 4. The van der Waals surface area contributed by atoms with Crippen molar-refractivity contribution in [3.63, 3.8) is 0 Å². The number of hydrogen-bond donors (Lipinski definition) is 1. The summed E-state index contributed by atoms with van der Waals surface area (Å²) in [5, 5.41) is 6.61. The fourth-order valence-corrected chi connectivity index (χ4v) is 5.28. The Kier molecular flexibility index (Phi) is 5.67. The van der Waals surface area contributed by atoms with Crippen LogP contribution in [-0.2, 0) is 11.3 Å². The van der Waals surface area contributed by atoms with Gasteiger partial charge in [-0.3, -0.25) is 4.90 Å². The van der Waals surface area contributed by atoms with Gasteiger partial charge in [-0.1, -0.05) is 0 Å². The predicted molar refractivity (Wildman–Crippen MR) is 132 cm³/mol. The zero-order valence-electron chi connectivity index (χ0n) is 24.0. The second-order valence-electron chi connectivity index (χ2n) is 9.88. The van der Waals surface area contributed by atoms with Crippen LogP contribution >= 0.6 is 0 Å². The summed E-state index contributed by atoms with van der Waals surface area (Å²) in [5.41, 5.74) is -1.18. The molecule has 1 aromatic carbocycles. The summed E-state index contributed by atoms with van der Waals surface area (Å²) < 4.78 is 122. The number of likely N-dealkylation sites (tertiary alicyclic amines) is 1. The van der Waals surface area contributed by atoms with E-state index in [1.165, 1.54) is 13.0 Å². The Bertz CT molecular complexity index is 1690. The van der Waals surface area contributed by atoms with Gasteiger partial charge in [-0.15, -0.1) is 5.10 Å². The van der Waals surface area contributed by atoms with Gasteiger partial charge in [-0.2, -0.15) is 4.98 Å². The second-order valence-corrected chi connectivity index (χ2v) is 9.88. The molecule has 1 N–H and O–H groups in total. The molecule has 0 bridgehead atoms. The Morgan fingerprint density at radius 1 is 1.23 bits per heavy atom. The van der Waals surface area contributed by atoms with E-state index in [0.29, 0.717) is 19.8 Å². The summed E-state index contributed by atoms with van der Waals surface area (Å²) in [6, 6.07) is 0.609. The van der Waals surface area contributed by atoms with Crippen molar-refractivity contribution in [3.05, 3.63) is 35.8 Å². The number of anilines is 1. The number of imidazole rings is 1.